The largest absolute Gasteiger partial charge is 0.322 e. The van der Waals surface area contributed by atoms with E-state index in [1.165, 1.54) is 11.6 Å². The van der Waals surface area contributed by atoms with Gasteiger partial charge in [-0.15, -0.1) is 0 Å². The van der Waals surface area contributed by atoms with Crippen LogP contribution in [0.25, 0.3) is 0 Å². The Labute approximate surface area is 161 Å². The number of hydrogen-bond acceptors (Lipinski definition) is 2. The van der Waals surface area contributed by atoms with E-state index in [-0.39, 0.29) is 11.8 Å². The summed E-state index contributed by atoms with van der Waals surface area (Å²) in [5.74, 6) is 0.339. The van der Waals surface area contributed by atoms with Gasteiger partial charge < -0.3 is 10.2 Å². The van der Waals surface area contributed by atoms with Gasteiger partial charge in [0.15, 0.2) is 0 Å². The predicted molar refractivity (Wildman–Crippen MR) is 108 cm³/mol. The number of benzene rings is 2. The lowest BCUT2D eigenvalue weighted by atomic mass is 10.0. The second-order valence-corrected chi connectivity index (χ2v) is 7.38. The fraction of sp³-hybridized carbons (Fsp3) is 0.409. The minimum absolute atomic E-state index is 0.0546. The van der Waals surface area contributed by atoms with Crippen LogP contribution < -0.4 is 5.32 Å². The van der Waals surface area contributed by atoms with Gasteiger partial charge in [0.25, 0.3) is 0 Å². The average molecular weight is 369 g/mol. The lowest BCUT2D eigenvalue weighted by Crippen LogP contribution is -2.50. The number of nitrogens with one attached hydrogen (secondary N) is 1. The van der Waals surface area contributed by atoms with E-state index in [1.54, 1.807) is 6.07 Å². The van der Waals surface area contributed by atoms with Gasteiger partial charge >= 0.3 is 6.03 Å². The van der Waals surface area contributed by atoms with Crippen LogP contribution in [0.3, 0.4) is 0 Å². The molecule has 27 heavy (non-hydrogen) atoms. The molecule has 0 atom stereocenters. The SMILES string of the molecule is CC(C)c1ccc(NC(=O)N2CCN(CCc3ccccc3F)CC2)cc1. The quantitative estimate of drug-likeness (QED) is 0.851. The summed E-state index contributed by atoms with van der Waals surface area (Å²) in [6, 6.07) is 14.9. The predicted octanol–water partition coefficient (Wildman–Crippen LogP) is 4.34. The summed E-state index contributed by atoms with van der Waals surface area (Å²) in [5, 5.41) is 2.98. The van der Waals surface area contributed by atoms with E-state index in [4.69, 9.17) is 0 Å². The first-order valence-electron chi connectivity index (χ1n) is 9.64. The molecule has 0 spiro atoms. The zero-order valence-electron chi connectivity index (χ0n) is 16.1. The average Bonchev–Trinajstić information content (AvgIpc) is 2.68. The summed E-state index contributed by atoms with van der Waals surface area (Å²) in [7, 11) is 0. The van der Waals surface area contributed by atoms with E-state index in [9.17, 15) is 9.18 Å². The molecule has 0 unspecified atom stereocenters. The maximum atomic E-state index is 13.7. The first-order valence-corrected chi connectivity index (χ1v) is 9.64. The zero-order chi connectivity index (χ0) is 19.2. The van der Waals surface area contributed by atoms with Crippen LogP contribution in [0.5, 0.6) is 0 Å². The standard InChI is InChI=1S/C22H28FN3O/c1-17(2)18-7-9-20(10-8-18)24-22(27)26-15-13-25(14-16-26)12-11-19-5-3-4-6-21(19)23/h3-10,17H,11-16H2,1-2H3,(H,24,27). The molecule has 3 rings (SSSR count). The van der Waals surface area contributed by atoms with Crippen LogP contribution in [0.1, 0.15) is 30.9 Å². The fourth-order valence-electron chi connectivity index (χ4n) is 3.31. The van der Waals surface area contributed by atoms with Crippen molar-refractivity contribution in [1.29, 1.82) is 0 Å². The molecule has 0 aromatic heterocycles. The summed E-state index contributed by atoms with van der Waals surface area (Å²) in [6.45, 7) is 8.12. The maximum absolute atomic E-state index is 13.7. The van der Waals surface area contributed by atoms with Crippen LogP contribution in [0, 0.1) is 5.82 Å². The molecule has 1 fully saturated rings. The summed E-state index contributed by atoms with van der Waals surface area (Å²) >= 11 is 0. The smallest absolute Gasteiger partial charge is 0.321 e. The molecule has 1 aliphatic rings. The molecule has 0 bridgehead atoms. The van der Waals surface area contributed by atoms with Crippen molar-refractivity contribution in [3.63, 3.8) is 0 Å². The Morgan fingerprint density at radius 1 is 1.04 bits per heavy atom. The number of amides is 2. The lowest BCUT2D eigenvalue weighted by Gasteiger charge is -2.34. The molecule has 1 heterocycles. The number of piperazine rings is 1. The summed E-state index contributed by atoms with van der Waals surface area (Å²) in [4.78, 5) is 16.6. The number of nitrogens with zero attached hydrogens (tertiary/aromatic N) is 2. The van der Waals surface area contributed by atoms with Gasteiger partial charge in [0.1, 0.15) is 5.82 Å². The number of halogens is 1. The van der Waals surface area contributed by atoms with Crippen molar-refractivity contribution in [2.75, 3.05) is 38.0 Å². The van der Waals surface area contributed by atoms with E-state index in [2.05, 4.69) is 36.2 Å². The molecule has 0 radical (unpaired) electrons. The minimum Gasteiger partial charge on any atom is -0.322 e. The number of urea groups is 1. The number of anilines is 1. The molecule has 0 aliphatic carbocycles. The highest BCUT2D eigenvalue weighted by Crippen LogP contribution is 2.17. The van der Waals surface area contributed by atoms with Gasteiger partial charge in [0.2, 0.25) is 0 Å². The molecule has 2 aromatic rings. The van der Waals surface area contributed by atoms with Crippen molar-refractivity contribution in [1.82, 2.24) is 9.80 Å². The number of carbonyl (C=O) groups is 1. The van der Waals surface area contributed by atoms with E-state index in [1.807, 2.05) is 29.2 Å². The van der Waals surface area contributed by atoms with Crippen molar-refractivity contribution < 1.29 is 9.18 Å². The zero-order valence-corrected chi connectivity index (χ0v) is 16.1. The van der Waals surface area contributed by atoms with Gasteiger partial charge in [-0.05, 0) is 41.7 Å². The van der Waals surface area contributed by atoms with Crippen molar-refractivity contribution in [2.45, 2.75) is 26.2 Å². The molecule has 2 aromatic carbocycles. The Balaban J connectivity index is 1.44. The van der Waals surface area contributed by atoms with Gasteiger partial charge in [0, 0.05) is 38.4 Å². The van der Waals surface area contributed by atoms with Crippen LogP contribution in [-0.2, 0) is 6.42 Å². The first-order chi connectivity index (χ1) is 13.0. The molecule has 2 amide bonds. The van der Waals surface area contributed by atoms with Crippen molar-refractivity contribution >= 4 is 11.7 Å². The Kier molecular flexibility index (Phi) is 6.45. The molecule has 0 saturated carbocycles. The highest BCUT2D eigenvalue weighted by molar-refractivity contribution is 5.89. The summed E-state index contributed by atoms with van der Waals surface area (Å²) in [5.41, 5.74) is 2.84. The van der Waals surface area contributed by atoms with Crippen LogP contribution in [-0.4, -0.2) is 48.6 Å². The van der Waals surface area contributed by atoms with Gasteiger partial charge in [-0.1, -0.05) is 44.2 Å². The fourth-order valence-corrected chi connectivity index (χ4v) is 3.31. The minimum atomic E-state index is -0.140. The highest BCUT2D eigenvalue weighted by Gasteiger charge is 2.21. The van der Waals surface area contributed by atoms with E-state index < -0.39 is 0 Å². The van der Waals surface area contributed by atoms with E-state index in [0.717, 1.165) is 30.9 Å². The van der Waals surface area contributed by atoms with Gasteiger partial charge in [0.05, 0.1) is 0 Å². The second kappa shape index (κ2) is 9.00. The van der Waals surface area contributed by atoms with E-state index >= 15 is 0 Å². The lowest BCUT2D eigenvalue weighted by molar-refractivity contribution is 0.148. The third kappa shape index (κ3) is 5.30. The number of hydrogen-bond donors (Lipinski definition) is 1. The molecule has 144 valence electrons. The van der Waals surface area contributed by atoms with Gasteiger partial charge in [-0.3, -0.25) is 4.90 Å². The number of rotatable bonds is 5. The number of carbonyl (C=O) groups excluding carboxylic acids is 1. The van der Waals surface area contributed by atoms with Crippen LogP contribution >= 0.6 is 0 Å². The molecule has 1 aliphatic heterocycles. The molecular weight excluding hydrogens is 341 g/mol. The van der Waals surface area contributed by atoms with Crippen LogP contribution in [0.4, 0.5) is 14.9 Å². The monoisotopic (exact) mass is 369 g/mol. The summed E-state index contributed by atoms with van der Waals surface area (Å²) < 4.78 is 13.7. The normalized spacial score (nSPS) is 15.2. The second-order valence-electron chi connectivity index (χ2n) is 7.38. The maximum Gasteiger partial charge on any atom is 0.321 e. The summed E-state index contributed by atoms with van der Waals surface area (Å²) in [6.07, 6.45) is 0.696. The van der Waals surface area contributed by atoms with Gasteiger partial charge in [-0.25, -0.2) is 9.18 Å². The van der Waals surface area contributed by atoms with E-state index in [0.29, 0.717) is 25.4 Å². The Morgan fingerprint density at radius 2 is 1.70 bits per heavy atom. The molecular formula is C22H28FN3O. The molecule has 1 N–H and O–H groups in total. The van der Waals surface area contributed by atoms with Crippen molar-refractivity contribution in [2.24, 2.45) is 0 Å². The van der Waals surface area contributed by atoms with Gasteiger partial charge in [-0.2, -0.15) is 0 Å². The van der Waals surface area contributed by atoms with Crippen LogP contribution in [0.2, 0.25) is 0 Å². The topological polar surface area (TPSA) is 35.6 Å². The Bertz CT molecular complexity index is 752. The Hall–Kier alpha value is -2.40. The Morgan fingerprint density at radius 3 is 2.33 bits per heavy atom. The molecule has 4 nitrogen and oxygen atoms in total. The third-order valence-electron chi connectivity index (χ3n) is 5.14. The van der Waals surface area contributed by atoms with Crippen LogP contribution in [0.15, 0.2) is 48.5 Å². The highest BCUT2D eigenvalue weighted by atomic mass is 19.1. The van der Waals surface area contributed by atoms with Crippen molar-refractivity contribution in [3.8, 4) is 0 Å². The molecule has 5 heteroatoms. The molecule has 1 saturated heterocycles. The first kappa shape index (κ1) is 19.4. The van der Waals surface area contributed by atoms with Crippen molar-refractivity contribution in [3.05, 3.63) is 65.5 Å². The third-order valence-corrected chi connectivity index (χ3v) is 5.14.